The molecule has 32 heavy (non-hydrogen) atoms. The number of nitrogens with zero attached hydrogens (tertiary/aromatic N) is 6. The van der Waals surface area contributed by atoms with E-state index in [-0.39, 0.29) is 5.91 Å². The lowest BCUT2D eigenvalue weighted by Gasteiger charge is -2.35. The maximum absolute atomic E-state index is 13.4. The zero-order valence-electron chi connectivity index (χ0n) is 19.2. The Kier molecular flexibility index (Phi) is 6.15. The van der Waals surface area contributed by atoms with Crippen LogP contribution in [0.15, 0.2) is 24.7 Å². The Morgan fingerprint density at radius 3 is 2.34 bits per heavy atom. The van der Waals surface area contributed by atoms with E-state index in [0.717, 1.165) is 68.3 Å². The Morgan fingerprint density at radius 2 is 1.72 bits per heavy atom. The maximum atomic E-state index is 13.4. The van der Waals surface area contributed by atoms with Crippen LogP contribution in [0.4, 0.5) is 5.95 Å². The van der Waals surface area contributed by atoms with Crippen molar-refractivity contribution in [2.24, 2.45) is 5.92 Å². The average molecular weight is 439 g/mol. The minimum Gasteiger partial charge on any atom is -0.378 e. The van der Waals surface area contributed by atoms with Gasteiger partial charge in [-0.1, -0.05) is 0 Å². The quantitative estimate of drug-likeness (QED) is 0.690. The van der Waals surface area contributed by atoms with Gasteiger partial charge in [-0.05, 0) is 51.8 Å². The molecule has 0 unspecified atom stereocenters. The number of likely N-dealkylation sites (tertiary alicyclic amines) is 1. The number of carbonyl (C=O) groups excluding carboxylic acids is 1. The van der Waals surface area contributed by atoms with E-state index in [0.29, 0.717) is 25.2 Å². The molecule has 0 radical (unpaired) electrons. The van der Waals surface area contributed by atoms with Gasteiger partial charge in [0.05, 0.1) is 13.2 Å². The number of carbonyl (C=O) groups is 1. The highest BCUT2D eigenvalue weighted by Gasteiger charge is 2.29. The molecule has 8 nitrogen and oxygen atoms in total. The molecule has 2 aromatic rings. The Labute approximate surface area is 190 Å². The number of aromatic nitrogens is 3. The first-order chi connectivity index (χ1) is 15.6. The molecule has 0 N–H and O–H groups in total. The maximum Gasteiger partial charge on any atom is 0.270 e. The predicted octanol–water partition coefficient (Wildman–Crippen LogP) is 2.36. The zero-order valence-corrected chi connectivity index (χ0v) is 19.2. The van der Waals surface area contributed by atoms with Crippen molar-refractivity contribution in [1.82, 2.24) is 24.3 Å². The summed E-state index contributed by atoms with van der Waals surface area (Å²) in [5, 5.41) is 0. The van der Waals surface area contributed by atoms with Gasteiger partial charge in [-0.15, -0.1) is 0 Å². The summed E-state index contributed by atoms with van der Waals surface area (Å²) in [5.74, 6) is 1.59. The van der Waals surface area contributed by atoms with Gasteiger partial charge in [0.25, 0.3) is 5.91 Å². The van der Waals surface area contributed by atoms with Crippen molar-refractivity contribution in [3.05, 3.63) is 30.4 Å². The number of morpholine rings is 1. The third-order valence-corrected chi connectivity index (χ3v) is 7.01. The molecule has 8 heteroatoms. The number of rotatable bonds is 6. The molecular formula is C24H34N6O2. The molecule has 5 rings (SSSR count). The number of ether oxygens (including phenoxy) is 1. The van der Waals surface area contributed by atoms with E-state index < -0.39 is 0 Å². The second-order valence-electron chi connectivity index (χ2n) is 9.57. The second kappa shape index (κ2) is 9.19. The van der Waals surface area contributed by atoms with E-state index >= 15 is 0 Å². The fourth-order valence-electron chi connectivity index (χ4n) is 4.72. The molecule has 1 amide bonds. The van der Waals surface area contributed by atoms with Crippen molar-refractivity contribution < 1.29 is 9.53 Å². The van der Waals surface area contributed by atoms with Gasteiger partial charge in [-0.25, -0.2) is 9.97 Å². The van der Waals surface area contributed by atoms with E-state index in [1.807, 2.05) is 23.4 Å². The lowest BCUT2D eigenvalue weighted by molar-refractivity contribution is 0.0652. The normalized spacial score (nSPS) is 20.2. The Hall–Kier alpha value is -2.45. The first-order valence-corrected chi connectivity index (χ1v) is 11.9. The summed E-state index contributed by atoms with van der Waals surface area (Å²) in [7, 11) is 4.25. The monoisotopic (exact) mass is 438 g/mol. The van der Waals surface area contributed by atoms with E-state index in [1.54, 1.807) is 0 Å². The van der Waals surface area contributed by atoms with Gasteiger partial charge < -0.3 is 24.0 Å². The van der Waals surface area contributed by atoms with E-state index in [2.05, 4.69) is 44.6 Å². The Bertz CT molecular complexity index is 922. The molecule has 0 bridgehead atoms. The molecule has 0 atom stereocenters. The van der Waals surface area contributed by atoms with E-state index in [4.69, 9.17) is 4.74 Å². The largest absolute Gasteiger partial charge is 0.378 e. The van der Waals surface area contributed by atoms with Crippen LogP contribution < -0.4 is 4.90 Å². The van der Waals surface area contributed by atoms with Crippen LogP contribution in [0.2, 0.25) is 0 Å². The van der Waals surface area contributed by atoms with Gasteiger partial charge in [-0.3, -0.25) is 4.79 Å². The van der Waals surface area contributed by atoms with Crippen molar-refractivity contribution >= 4 is 11.9 Å². The number of amides is 1. The molecular weight excluding hydrogens is 404 g/mol. The SMILES string of the molecule is CN(C)C1CCN(C(=O)c2cc(-c3cnc(N4CCOCC4)nc3)cn2CC2CC2)CC1. The molecule has 4 heterocycles. The minimum absolute atomic E-state index is 0.153. The highest BCUT2D eigenvalue weighted by Crippen LogP contribution is 2.33. The van der Waals surface area contributed by atoms with Crippen molar-refractivity contribution in [2.75, 3.05) is 58.4 Å². The first kappa shape index (κ1) is 21.4. The molecule has 172 valence electrons. The number of anilines is 1. The van der Waals surface area contributed by atoms with Gasteiger partial charge in [0, 0.05) is 68.5 Å². The molecule has 2 saturated heterocycles. The number of hydrogen-bond acceptors (Lipinski definition) is 6. The average Bonchev–Trinajstić information content (AvgIpc) is 3.56. The molecule has 1 saturated carbocycles. The summed E-state index contributed by atoms with van der Waals surface area (Å²) in [4.78, 5) is 29.1. The molecule has 2 aromatic heterocycles. The standard InChI is InChI=1S/C24H34N6O2/c1-27(2)21-5-7-28(8-6-21)23(31)22-13-19(17-30(22)16-18-3-4-18)20-14-25-24(26-15-20)29-9-11-32-12-10-29/h13-15,17-18,21H,3-12,16H2,1-2H3. The summed E-state index contributed by atoms with van der Waals surface area (Å²) in [5.41, 5.74) is 2.77. The summed E-state index contributed by atoms with van der Waals surface area (Å²) in [6.45, 7) is 5.63. The lowest BCUT2D eigenvalue weighted by Crippen LogP contribution is -2.44. The van der Waals surface area contributed by atoms with Crippen molar-refractivity contribution in [1.29, 1.82) is 0 Å². The molecule has 3 aliphatic rings. The van der Waals surface area contributed by atoms with E-state index in [1.165, 1.54) is 12.8 Å². The van der Waals surface area contributed by atoms with Crippen LogP contribution in [0, 0.1) is 5.92 Å². The zero-order chi connectivity index (χ0) is 22.1. The van der Waals surface area contributed by atoms with Crippen LogP contribution in [0.5, 0.6) is 0 Å². The fraction of sp³-hybridized carbons (Fsp3) is 0.625. The third-order valence-electron chi connectivity index (χ3n) is 7.01. The van der Waals surface area contributed by atoms with Crippen LogP contribution in [-0.4, -0.2) is 89.8 Å². The Balaban J connectivity index is 1.34. The van der Waals surface area contributed by atoms with Crippen LogP contribution in [0.3, 0.4) is 0 Å². The van der Waals surface area contributed by atoms with Crippen molar-refractivity contribution in [3.63, 3.8) is 0 Å². The molecule has 1 aliphatic carbocycles. The van der Waals surface area contributed by atoms with Crippen LogP contribution in [-0.2, 0) is 11.3 Å². The second-order valence-corrected chi connectivity index (χ2v) is 9.57. The lowest BCUT2D eigenvalue weighted by atomic mass is 10.0. The van der Waals surface area contributed by atoms with Gasteiger partial charge >= 0.3 is 0 Å². The fourth-order valence-corrected chi connectivity index (χ4v) is 4.72. The number of piperidine rings is 1. The predicted molar refractivity (Wildman–Crippen MR) is 124 cm³/mol. The van der Waals surface area contributed by atoms with E-state index in [9.17, 15) is 4.79 Å². The van der Waals surface area contributed by atoms with Crippen LogP contribution >= 0.6 is 0 Å². The topological polar surface area (TPSA) is 66.7 Å². The molecule has 0 aromatic carbocycles. The third kappa shape index (κ3) is 4.66. The van der Waals surface area contributed by atoms with Gasteiger partial charge in [-0.2, -0.15) is 0 Å². The van der Waals surface area contributed by atoms with Crippen molar-refractivity contribution in [3.8, 4) is 11.1 Å². The highest BCUT2D eigenvalue weighted by atomic mass is 16.5. The molecule has 2 aliphatic heterocycles. The van der Waals surface area contributed by atoms with Crippen molar-refractivity contribution in [2.45, 2.75) is 38.3 Å². The van der Waals surface area contributed by atoms with Gasteiger partial charge in [0.2, 0.25) is 5.95 Å². The molecule has 0 spiro atoms. The Morgan fingerprint density at radius 1 is 1.03 bits per heavy atom. The first-order valence-electron chi connectivity index (χ1n) is 11.9. The molecule has 3 fully saturated rings. The summed E-state index contributed by atoms with van der Waals surface area (Å²) >= 11 is 0. The minimum atomic E-state index is 0.153. The summed E-state index contributed by atoms with van der Waals surface area (Å²) in [6, 6.07) is 2.60. The summed E-state index contributed by atoms with van der Waals surface area (Å²) in [6.07, 6.45) is 10.5. The van der Waals surface area contributed by atoms with Gasteiger partial charge in [0.1, 0.15) is 5.69 Å². The van der Waals surface area contributed by atoms with Crippen LogP contribution in [0.25, 0.3) is 11.1 Å². The van der Waals surface area contributed by atoms with Crippen LogP contribution in [0.1, 0.15) is 36.2 Å². The van der Waals surface area contributed by atoms with Gasteiger partial charge in [0.15, 0.2) is 0 Å². The highest BCUT2D eigenvalue weighted by molar-refractivity contribution is 5.94. The number of hydrogen-bond donors (Lipinski definition) is 0. The summed E-state index contributed by atoms with van der Waals surface area (Å²) < 4.78 is 7.59. The smallest absolute Gasteiger partial charge is 0.270 e.